The first-order valence-corrected chi connectivity index (χ1v) is 5.63. The molecule has 18 heavy (non-hydrogen) atoms. The van der Waals surface area contributed by atoms with Crippen molar-refractivity contribution in [2.24, 2.45) is 0 Å². The molecule has 9 nitrogen and oxygen atoms in total. The summed E-state index contributed by atoms with van der Waals surface area (Å²) in [5.74, 6) is -0.161. The number of nitrogens with zero attached hydrogens (tertiary/aromatic N) is 3. The van der Waals surface area contributed by atoms with Gasteiger partial charge in [0.05, 0.1) is 21.4 Å². The van der Waals surface area contributed by atoms with E-state index in [0.717, 1.165) is 18.2 Å². The summed E-state index contributed by atoms with van der Waals surface area (Å²) in [5, 5.41) is 31.0. The van der Waals surface area contributed by atoms with Crippen LogP contribution in [-0.4, -0.2) is 32.3 Å². The number of ether oxygens (including phenoxy) is 1. The van der Waals surface area contributed by atoms with Crippen LogP contribution in [0.4, 0.5) is 11.4 Å². The molecule has 0 saturated carbocycles. The van der Waals surface area contributed by atoms with Crippen molar-refractivity contribution in [2.75, 3.05) is 12.2 Å². The first-order valence-electron chi connectivity index (χ1n) is 4.51. The lowest BCUT2D eigenvalue weighted by Gasteiger charge is -2.12. The van der Waals surface area contributed by atoms with Gasteiger partial charge in [-0.25, -0.2) is 0 Å². The van der Waals surface area contributed by atoms with Crippen molar-refractivity contribution in [3.8, 4) is 5.75 Å². The zero-order chi connectivity index (χ0) is 13.7. The second-order valence-electron chi connectivity index (χ2n) is 3.07. The Morgan fingerprint density at radius 3 is 2.50 bits per heavy atom. The summed E-state index contributed by atoms with van der Waals surface area (Å²) in [6.07, 6.45) is 0. The number of non-ortho nitro benzene ring substituents is 1. The van der Waals surface area contributed by atoms with Crippen molar-refractivity contribution in [1.82, 2.24) is 5.06 Å². The quantitative estimate of drug-likeness (QED) is 0.279. The van der Waals surface area contributed by atoms with Crippen LogP contribution in [0.2, 0.25) is 0 Å². The number of hydrogen-bond acceptors (Lipinski definition) is 7. The minimum Gasteiger partial charge on any atom is -0.469 e. The van der Waals surface area contributed by atoms with E-state index in [1.165, 1.54) is 0 Å². The van der Waals surface area contributed by atoms with Crippen LogP contribution in [0.15, 0.2) is 18.2 Å². The summed E-state index contributed by atoms with van der Waals surface area (Å²) in [6.45, 7) is -0.316. The third-order valence-electron chi connectivity index (χ3n) is 1.86. The Bertz CT molecular complexity index is 468. The first kappa shape index (κ1) is 14.3. The third-order valence-corrected chi connectivity index (χ3v) is 2.44. The monoisotopic (exact) mass is 321 g/mol. The Morgan fingerprint density at radius 2 is 2.00 bits per heavy atom. The lowest BCUT2D eigenvalue weighted by molar-refractivity contribution is -0.394. The zero-order valence-electron chi connectivity index (χ0n) is 8.85. The average Bonchev–Trinajstić information content (AvgIpc) is 2.35. The molecule has 0 saturated heterocycles. The standard InChI is InChI=1S/C8H8BrN3O6/c9-4-10(13)5-18-8-2-1-6(11(14)15)3-7(8)12(16)17/h1-3,13H,4-5H2. The first-order chi connectivity index (χ1) is 8.45. The van der Waals surface area contributed by atoms with Gasteiger partial charge in [0.1, 0.15) is 0 Å². The molecule has 0 aliphatic heterocycles. The Hall–Kier alpha value is -1.78. The van der Waals surface area contributed by atoms with Gasteiger partial charge < -0.3 is 9.94 Å². The van der Waals surface area contributed by atoms with E-state index in [9.17, 15) is 20.2 Å². The van der Waals surface area contributed by atoms with E-state index < -0.39 is 21.2 Å². The fourth-order valence-corrected chi connectivity index (χ4v) is 1.21. The smallest absolute Gasteiger partial charge is 0.317 e. The number of rotatable bonds is 6. The van der Waals surface area contributed by atoms with Crippen LogP contribution in [0.3, 0.4) is 0 Å². The predicted molar refractivity (Wildman–Crippen MR) is 62.7 cm³/mol. The SMILES string of the molecule is O=[N+]([O-])c1ccc(OCN(O)CBr)c([N+](=O)[O-])c1. The van der Waals surface area contributed by atoms with E-state index >= 15 is 0 Å². The molecular weight excluding hydrogens is 314 g/mol. The highest BCUT2D eigenvalue weighted by molar-refractivity contribution is 9.09. The van der Waals surface area contributed by atoms with Crippen molar-refractivity contribution in [3.63, 3.8) is 0 Å². The molecule has 0 bridgehead atoms. The maximum atomic E-state index is 10.7. The minimum atomic E-state index is -0.793. The Morgan fingerprint density at radius 1 is 1.33 bits per heavy atom. The Kier molecular flexibility index (Phi) is 4.95. The summed E-state index contributed by atoms with van der Waals surface area (Å²) < 4.78 is 4.97. The van der Waals surface area contributed by atoms with Crippen molar-refractivity contribution in [1.29, 1.82) is 0 Å². The molecule has 1 rings (SSSR count). The maximum Gasteiger partial charge on any atom is 0.317 e. The lowest BCUT2D eigenvalue weighted by atomic mass is 10.2. The van der Waals surface area contributed by atoms with Gasteiger partial charge in [0.15, 0.2) is 12.5 Å². The summed E-state index contributed by atoms with van der Waals surface area (Å²) in [4.78, 5) is 19.7. The van der Waals surface area contributed by atoms with Gasteiger partial charge in [-0.2, -0.15) is 0 Å². The highest BCUT2D eigenvalue weighted by Gasteiger charge is 2.20. The van der Waals surface area contributed by atoms with Gasteiger partial charge in [0.2, 0.25) is 0 Å². The van der Waals surface area contributed by atoms with Gasteiger partial charge in [-0.15, -0.1) is 5.06 Å². The van der Waals surface area contributed by atoms with Crippen molar-refractivity contribution < 1.29 is 19.8 Å². The predicted octanol–water partition coefficient (Wildman–Crippen LogP) is 1.88. The molecule has 0 heterocycles. The number of hydrogen-bond donors (Lipinski definition) is 1. The van der Waals surface area contributed by atoms with Gasteiger partial charge in [0.25, 0.3) is 5.69 Å². The molecular formula is C8H8BrN3O6. The van der Waals surface area contributed by atoms with Crippen LogP contribution >= 0.6 is 15.9 Å². The van der Waals surface area contributed by atoms with Crippen LogP contribution < -0.4 is 4.74 Å². The summed E-state index contributed by atoms with van der Waals surface area (Å²) >= 11 is 2.94. The molecule has 1 aromatic rings. The van der Waals surface area contributed by atoms with Crippen LogP contribution in [0.25, 0.3) is 0 Å². The van der Waals surface area contributed by atoms with Crippen LogP contribution in [0, 0.1) is 20.2 Å². The molecule has 0 aliphatic rings. The van der Waals surface area contributed by atoms with Crippen molar-refractivity contribution in [2.45, 2.75) is 0 Å². The molecule has 0 unspecified atom stereocenters. The van der Waals surface area contributed by atoms with Crippen molar-refractivity contribution in [3.05, 3.63) is 38.4 Å². The average molecular weight is 322 g/mol. The summed E-state index contributed by atoms with van der Waals surface area (Å²) in [7, 11) is 0. The molecule has 0 spiro atoms. The van der Waals surface area contributed by atoms with Gasteiger partial charge >= 0.3 is 5.69 Å². The fraction of sp³-hybridized carbons (Fsp3) is 0.250. The summed E-state index contributed by atoms with van der Waals surface area (Å²) in [6, 6.07) is 2.99. The van der Waals surface area contributed by atoms with Gasteiger partial charge in [-0.3, -0.25) is 20.2 Å². The second kappa shape index (κ2) is 6.23. The van der Waals surface area contributed by atoms with E-state index in [1.807, 2.05) is 0 Å². The Balaban J connectivity index is 2.97. The molecule has 98 valence electrons. The number of hydroxylamine groups is 2. The molecule has 0 amide bonds. The zero-order valence-corrected chi connectivity index (χ0v) is 10.4. The van der Waals surface area contributed by atoms with Gasteiger partial charge in [0, 0.05) is 6.07 Å². The molecule has 1 N–H and O–H groups in total. The van der Waals surface area contributed by atoms with Crippen LogP contribution in [-0.2, 0) is 0 Å². The topological polar surface area (TPSA) is 119 Å². The number of alkyl halides is 1. The molecule has 0 atom stereocenters. The van der Waals surface area contributed by atoms with Gasteiger partial charge in [-0.05, 0) is 6.07 Å². The fourth-order valence-electron chi connectivity index (χ4n) is 1.06. The number of nitro benzene ring substituents is 2. The van der Waals surface area contributed by atoms with E-state index in [0.29, 0.717) is 5.06 Å². The maximum absolute atomic E-state index is 10.7. The summed E-state index contributed by atoms with van der Waals surface area (Å²) in [5.41, 5.74) is -0.851. The normalized spacial score (nSPS) is 10.4. The van der Waals surface area contributed by atoms with Gasteiger partial charge in [-0.1, -0.05) is 15.9 Å². The number of halogens is 1. The third kappa shape index (κ3) is 3.61. The van der Waals surface area contributed by atoms with E-state index in [-0.39, 0.29) is 17.9 Å². The van der Waals surface area contributed by atoms with Crippen molar-refractivity contribution >= 4 is 27.3 Å². The highest BCUT2D eigenvalue weighted by Crippen LogP contribution is 2.30. The Labute approximate surface area is 109 Å². The van der Waals surface area contributed by atoms with Crippen LogP contribution in [0.5, 0.6) is 5.75 Å². The van der Waals surface area contributed by atoms with E-state index in [1.54, 1.807) is 0 Å². The lowest BCUT2D eigenvalue weighted by Crippen LogP contribution is -2.22. The van der Waals surface area contributed by atoms with Crippen LogP contribution in [0.1, 0.15) is 0 Å². The molecule has 0 fully saturated rings. The number of nitro groups is 2. The molecule has 0 aliphatic carbocycles. The highest BCUT2D eigenvalue weighted by atomic mass is 79.9. The largest absolute Gasteiger partial charge is 0.469 e. The molecule has 10 heteroatoms. The molecule has 0 radical (unpaired) electrons. The number of benzene rings is 1. The van der Waals surface area contributed by atoms with E-state index in [2.05, 4.69) is 15.9 Å². The second-order valence-corrected chi connectivity index (χ2v) is 3.57. The minimum absolute atomic E-state index is 0.0911. The molecule has 1 aromatic carbocycles. The van der Waals surface area contributed by atoms with E-state index in [4.69, 9.17) is 9.94 Å². The molecule has 0 aromatic heterocycles.